The van der Waals surface area contributed by atoms with E-state index < -0.39 is 0 Å². The third-order valence-electron chi connectivity index (χ3n) is 10.4. The Hall–Kier alpha value is -0.630. The molecule has 3 saturated carbocycles. The fourth-order valence-electron chi connectivity index (χ4n) is 8.65. The molecule has 4 aliphatic rings. The van der Waals surface area contributed by atoms with E-state index in [0.717, 1.165) is 55.1 Å². The number of fused-ring (bicyclic) bond motifs is 5. The minimum atomic E-state index is -0.0987. The standard InChI is InChI=1S/C27H44O2/c1-18(17-28)6-5-7-19(2)23-10-11-24-22-9-8-20-16-21(29)12-14-26(20,3)25(22)13-15-27(23,24)4/h8,17-19,21-25,29H,5-7,9-16H2,1-4H3/t18-,19+,21-,22-,23+,24-,25-,26-,27+/m0/s1. The summed E-state index contributed by atoms with van der Waals surface area (Å²) in [5.74, 6) is 4.48. The second kappa shape index (κ2) is 8.13. The molecule has 0 aromatic carbocycles. The molecular formula is C27H44O2. The molecule has 164 valence electrons. The van der Waals surface area contributed by atoms with Gasteiger partial charge in [-0.3, -0.25) is 0 Å². The third-order valence-corrected chi connectivity index (χ3v) is 10.4. The van der Waals surface area contributed by atoms with Crippen LogP contribution < -0.4 is 0 Å². The number of allylic oxidation sites excluding steroid dienone is 1. The van der Waals surface area contributed by atoms with Crippen LogP contribution in [0.5, 0.6) is 0 Å². The van der Waals surface area contributed by atoms with E-state index in [-0.39, 0.29) is 12.0 Å². The van der Waals surface area contributed by atoms with Crippen LogP contribution in [0.25, 0.3) is 0 Å². The minimum absolute atomic E-state index is 0.0987. The van der Waals surface area contributed by atoms with Gasteiger partial charge in [0.2, 0.25) is 0 Å². The van der Waals surface area contributed by atoms with Crippen LogP contribution in [0.15, 0.2) is 11.6 Å². The lowest BCUT2D eigenvalue weighted by atomic mass is 9.47. The number of hydrogen-bond donors (Lipinski definition) is 1. The normalized spacial score (nSPS) is 46.1. The predicted octanol–water partition coefficient (Wildman–Crippen LogP) is 6.57. The summed E-state index contributed by atoms with van der Waals surface area (Å²) in [4.78, 5) is 10.9. The summed E-state index contributed by atoms with van der Waals surface area (Å²) in [6.45, 7) is 9.73. The van der Waals surface area contributed by atoms with Gasteiger partial charge in [-0.05, 0) is 98.2 Å². The van der Waals surface area contributed by atoms with Crippen molar-refractivity contribution in [3.8, 4) is 0 Å². The topological polar surface area (TPSA) is 37.3 Å². The highest BCUT2D eigenvalue weighted by Crippen LogP contribution is 2.67. The maximum absolute atomic E-state index is 10.9. The number of rotatable bonds is 6. The van der Waals surface area contributed by atoms with Crippen molar-refractivity contribution < 1.29 is 9.90 Å². The van der Waals surface area contributed by atoms with Gasteiger partial charge in [0.05, 0.1) is 6.10 Å². The molecule has 4 rings (SSSR count). The number of aliphatic hydroxyl groups excluding tert-OH is 1. The summed E-state index contributed by atoms with van der Waals surface area (Å²) in [6, 6.07) is 0. The van der Waals surface area contributed by atoms with E-state index in [0.29, 0.717) is 10.8 Å². The second-order valence-corrected chi connectivity index (χ2v) is 11.9. The van der Waals surface area contributed by atoms with Crippen molar-refractivity contribution in [3.05, 3.63) is 11.6 Å². The van der Waals surface area contributed by atoms with Gasteiger partial charge in [-0.25, -0.2) is 0 Å². The summed E-state index contributed by atoms with van der Waals surface area (Å²) in [5, 5.41) is 10.2. The monoisotopic (exact) mass is 400 g/mol. The predicted molar refractivity (Wildman–Crippen MR) is 119 cm³/mol. The van der Waals surface area contributed by atoms with E-state index in [2.05, 4.69) is 33.8 Å². The van der Waals surface area contributed by atoms with E-state index in [1.54, 1.807) is 5.57 Å². The van der Waals surface area contributed by atoms with Gasteiger partial charge in [-0.2, -0.15) is 0 Å². The van der Waals surface area contributed by atoms with Crippen molar-refractivity contribution in [1.82, 2.24) is 0 Å². The molecule has 0 radical (unpaired) electrons. The number of carbonyl (C=O) groups is 1. The lowest BCUT2D eigenvalue weighted by Gasteiger charge is -2.58. The first kappa shape index (κ1) is 21.6. The highest BCUT2D eigenvalue weighted by atomic mass is 16.3. The molecule has 0 amide bonds. The van der Waals surface area contributed by atoms with Crippen molar-refractivity contribution in [3.63, 3.8) is 0 Å². The van der Waals surface area contributed by atoms with E-state index in [1.807, 2.05) is 0 Å². The van der Waals surface area contributed by atoms with Crippen LogP contribution in [0.2, 0.25) is 0 Å². The molecule has 0 spiro atoms. The Kier molecular flexibility index (Phi) is 6.06. The lowest BCUT2D eigenvalue weighted by molar-refractivity contribution is -0.110. The number of aliphatic hydroxyl groups is 1. The molecule has 0 heterocycles. The molecule has 0 aromatic heterocycles. The van der Waals surface area contributed by atoms with Gasteiger partial charge in [-0.1, -0.05) is 52.2 Å². The summed E-state index contributed by atoms with van der Waals surface area (Å²) >= 11 is 0. The molecule has 0 aromatic rings. The summed E-state index contributed by atoms with van der Waals surface area (Å²) < 4.78 is 0. The summed E-state index contributed by atoms with van der Waals surface area (Å²) in [7, 11) is 0. The maximum Gasteiger partial charge on any atom is 0.122 e. The molecule has 9 atom stereocenters. The Morgan fingerprint density at radius 1 is 1.10 bits per heavy atom. The molecule has 29 heavy (non-hydrogen) atoms. The van der Waals surface area contributed by atoms with Crippen LogP contribution in [0, 0.1) is 46.3 Å². The zero-order chi connectivity index (χ0) is 20.8. The maximum atomic E-state index is 10.9. The van der Waals surface area contributed by atoms with Gasteiger partial charge in [0.25, 0.3) is 0 Å². The fraction of sp³-hybridized carbons (Fsp3) is 0.889. The highest BCUT2D eigenvalue weighted by Gasteiger charge is 2.59. The third kappa shape index (κ3) is 3.66. The Morgan fingerprint density at radius 2 is 1.90 bits per heavy atom. The van der Waals surface area contributed by atoms with Crippen LogP contribution in [-0.2, 0) is 4.79 Å². The largest absolute Gasteiger partial charge is 0.393 e. The van der Waals surface area contributed by atoms with Crippen LogP contribution >= 0.6 is 0 Å². The van der Waals surface area contributed by atoms with E-state index >= 15 is 0 Å². The van der Waals surface area contributed by atoms with Gasteiger partial charge in [0.1, 0.15) is 6.29 Å². The minimum Gasteiger partial charge on any atom is -0.393 e. The van der Waals surface area contributed by atoms with Gasteiger partial charge >= 0.3 is 0 Å². The first-order valence-corrected chi connectivity index (χ1v) is 12.6. The first-order valence-electron chi connectivity index (χ1n) is 12.6. The molecular weight excluding hydrogens is 356 g/mol. The SMILES string of the molecule is C[C@H](C=O)CCC[C@@H](C)[C@H]1CC[C@H]2[C@@H]3CC=C4C[C@@H](O)CC[C@]4(C)[C@H]3CC[C@]12C. The van der Waals surface area contributed by atoms with Gasteiger partial charge in [0.15, 0.2) is 0 Å². The van der Waals surface area contributed by atoms with Gasteiger partial charge in [0, 0.05) is 5.92 Å². The van der Waals surface area contributed by atoms with E-state index in [9.17, 15) is 9.90 Å². The van der Waals surface area contributed by atoms with Crippen LogP contribution in [0.4, 0.5) is 0 Å². The zero-order valence-electron chi connectivity index (χ0n) is 19.3. The van der Waals surface area contributed by atoms with Crippen molar-refractivity contribution in [2.75, 3.05) is 0 Å². The fourth-order valence-corrected chi connectivity index (χ4v) is 8.65. The number of carbonyl (C=O) groups excluding carboxylic acids is 1. The smallest absolute Gasteiger partial charge is 0.122 e. The Bertz CT molecular complexity index is 638. The molecule has 0 bridgehead atoms. The summed E-state index contributed by atoms with van der Waals surface area (Å²) in [5.41, 5.74) is 2.47. The van der Waals surface area contributed by atoms with Crippen molar-refractivity contribution in [1.29, 1.82) is 0 Å². The average Bonchev–Trinajstić information content (AvgIpc) is 3.05. The number of hydrogen-bond acceptors (Lipinski definition) is 2. The highest BCUT2D eigenvalue weighted by molar-refractivity contribution is 5.52. The van der Waals surface area contributed by atoms with Crippen LogP contribution in [0.3, 0.4) is 0 Å². The van der Waals surface area contributed by atoms with Crippen molar-refractivity contribution >= 4 is 6.29 Å². The molecule has 0 saturated heterocycles. The lowest BCUT2D eigenvalue weighted by Crippen LogP contribution is -2.50. The quantitative estimate of drug-likeness (QED) is 0.404. The molecule has 3 fully saturated rings. The molecule has 2 heteroatoms. The van der Waals surface area contributed by atoms with Gasteiger partial charge in [-0.15, -0.1) is 0 Å². The molecule has 0 unspecified atom stereocenters. The Morgan fingerprint density at radius 3 is 2.66 bits per heavy atom. The first-order chi connectivity index (χ1) is 13.8. The van der Waals surface area contributed by atoms with Gasteiger partial charge < -0.3 is 9.90 Å². The Labute approximate surface area is 178 Å². The average molecular weight is 401 g/mol. The van der Waals surface area contributed by atoms with Crippen molar-refractivity contribution in [2.24, 2.45) is 46.3 Å². The molecule has 1 N–H and O–H groups in total. The molecule has 4 aliphatic carbocycles. The number of aldehydes is 1. The van der Waals surface area contributed by atoms with E-state index in [1.165, 1.54) is 51.4 Å². The second-order valence-electron chi connectivity index (χ2n) is 11.9. The van der Waals surface area contributed by atoms with Crippen LogP contribution in [0.1, 0.15) is 98.3 Å². The molecule has 2 nitrogen and oxygen atoms in total. The molecule has 0 aliphatic heterocycles. The van der Waals surface area contributed by atoms with E-state index in [4.69, 9.17) is 0 Å². The Balaban J connectivity index is 1.46. The van der Waals surface area contributed by atoms with Crippen molar-refractivity contribution in [2.45, 2.75) is 104 Å². The van der Waals surface area contributed by atoms with Crippen LogP contribution in [-0.4, -0.2) is 17.5 Å². The summed E-state index contributed by atoms with van der Waals surface area (Å²) in [6.07, 6.45) is 17.2. The zero-order valence-corrected chi connectivity index (χ0v) is 19.3.